The molecule has 1 unspecified atom stereocenters. The average molecular weight is 445 g/mol. The third-order valence-electron chi connectivity index (χ3n) is 5.30. The summed E-state index contributed by atoms with van der Waals surface area (Å²) in [5.74, 6) is -1.26. The standard InChI is InChI=1S/C17H29FN8O3S/c1-30(28,29)26-6-4-25(5-7-26)13-2-3-21-10-12(13)24-17(27)14(15(19)20)16-22-8-11(18)9-23-16/h2-3,10-11,14-16,22-23H,4-9,19-20H2,1H3,(H,24,27). The van der Waals surface area contributed by atoms with Crippen molar-refractivity contribution in [1.29, 1.82) is 0 Å². The summed E-state index contributed by atoms with van der Waals surface area (Å²) in [7, 11) is -3.24. The Morgan fingerprint density at radius 2 is 1.90 bits per heavy atom. The van der Waals surface area contributed by atoms with Crippen molar-refractivity contribution in [1.82, 2.24) is 19.9 Å². The number of alkyl halides is 1. The smallest absolute Gasteiger partial charge is 0.233 e. The van der Waals surface area contributed by atoms with Crippen LogP contribution in [0.4, 0.5) is 15.8 Å². The fraction of sp³-hybridized carbons (Fsp3) is 0.647. The van der Waals surface area contributed by atoms with E-state index in [2.05, 4.69) is 20.9 Å². The molecule has 0 aromatic carbocycles. The van der Waals surface area contributed by atoms with Crippen molar-refractivity contribution in [3.8, 4) is 0 Å². The van der Waals surface area contributed by atoms with Gasteiger partial charge >= 0.3 is 0 Å². The van der Waals surface area contributed by atoms with Crippen LogP contribution >= 0.6 is 0 Å². The number of hydrogen-bond acceptors (Lipinski definition) is 9. The highest BCUT2D eigenvalue weighted by Gasteiger charge is 2.35. The summed E-state index contributed by atoms with van der Waals surface area (Å²) in [6.45, 7) is 1.87. The maximum Gasteiger partial charge on any atom is 0.233 e. The van der Waals surface area contributed by atoms with Crippen LogP contribution < -0.4 is 32.3 Å². The van der Waals surface area contributed by atoms with Gasteiger partial charge in [-0.3, -0.25) is 20.4 Å². The summed E-state index contributed by atoms with van der Waals surface area (Å²) in [5, 5.41) is 8.67. The molecule has 1 aromatic heterocycles. The number of pyridine rings is 1. The molecule has 1 aromatic rings. The molecule has 0 saturated carbocycles. The fourth-order valence-electron chi connectivity index (χ4n) is 3.69. The van der Waals surface area contributed by atoms with E-state index in [1.165, 1.54) is 16.8 Å². The van der Waals surface area contributed by atoms with Gasteiger partial charge in [0, 0.05) is 45.5 Å². The van der Waals surface area contributed by atoms with Crippen LogP contribution in [0.2, 0.25) is 0 Å². The van der Waals surface area contributed by atoms with Crippen molar-refractivity contribution in [2.75, 3.05) is 55.7 Å². The highest BCUT2D eigenvalue weighted by molar-refractivity contribution is 7.88. The van der Waals surface area contributed by atoms with Crippen molar-refractivity contribution < 1.29 is 17.6 Å². The number of sulfonamides is 1. The molecule has 2 aliphatic heterocycles. The highest BCUT2D eigenvalue weighted by atomic mass is 32.2. The van der Waals surface area contributed by atoms with E-state index in [0.29, 0.717) is 31.9 Å². The molecule has 2 saturated heterocycles. The van der Waals surface area contributed by atoms with Crippen LogP contribution in [-0.4, -0.2) is 87.6 Å². The summed E-state index contributed by atoms with van der Waals surface area (Å²) in [5.41, 5.74) is 12.9. The SMILES string of the molecule is CS(=O)(=O)N1CCN(c2ccncc2NC(=O)C(C(N)N)C2NCC(F)CN2)CC1. The van der Waals surface area contributed by atoms with Crippen LogP contribution in [0.5, 0.6) is 0 Å². The minimum atomic E-state index is -3.24. The molecule has 3 heterocycles. The zero-order chi connectivity index (χ0) is 21.9. The Bertz CT molecular complexity index is 839. The maximum atomic E-state index is 13.4. The first-order valence-corrected chi connectivity index (χ1v) is 11.6. The fourth-order valence-corrected chi connectivity index (χ4v) is 4.52. The molecule has 0 bridgehead atoms. The van der Waals surface area contributed by atoms with E-state index in [-0.39, 0.29) is 13.1 Å². The van der Waals surface area contributed by atoms with Crippen molar-refractivity contribution in [2.24, 2.45) is 17.4 Å². The molecular weight excluding hydrogens is 415 g/mol. The summed E-state index contributed by atoms with van der Waals surface area (Å²) in [4.78, 5) is 19.0. The second kappa shape index (κ2) is 9.49. The van der Waals surface area contributed by atoms with Crippen molar-refractivity contribution in [2.45, 2.75) is 18.5 Å². The van der Waals surface area contributed by atoms with Gasteiger partial charge in [0.15, 0.2) is 0 Å². The lowest BCUT2D eigenvalue weighted by Gasteiger charge is -2.36. The summed E-state index contributed by atoms with van der Waals surface area (Å²) < 4.78 is 38.3. The van der Waals surface area contributed by atoms with E-state index in [1.807, 2.05) is 4.90 Å². The monoisotopic (exact) mass is 444 g/mol. The lowest BCUT2D eigenvalue weighted by atomic mass is 9.99. The van der Waals surface area contributed by atoms with Crippen molar-refractivity contribution >= 4 is 27.3 Å². The quantitative estimate of drug-likeness (QED) is 0.307. The molecule has 168 valence electrons. The first-order valence-electron chi connectivity index (χ1n) is 9.74. The number of amides is 1. The molecular formula is C17H29FN8O3S. The van der Waals surface area contributed by atoms with Crippen LogP contribution in [-0.2, 0) is 14.8 Å². The first kappa shape index (κ1) is 22.8. The van der Waals surface area contributed by atoms with Crippen LogP contribution in [0.15, 0.2) is 18.5 Å². The molecule has 30 heavy (non-hydrogen) atoms. The number of rotatable bonds is 6. The largest absolute Gasteiger partial charge is 0.367 e. The number of piperazine rings is 1. The van der Waals surface area contributed by atoms with Gasteiger partial charge in [-0.05, 0) is 6.07 Å². The molecule has 0 spiro atoms. The molecule has 0 aliphatic carbocycles. The highest BCUT2D eigenvalue weighted by Crippen LogP contribution is 2.27. The second-order valence-electron chi connectivity index (χ2n) is 7.53. The van der Waals surface area contributed by atoms with Gasteiger partial charge in [0.2, 0.25) is 15.9 Å². The van der Waals surface area contributed by atoms with E-state index in [1.54, 1.807) is 12.3 Å². The summed E-state index contributed by atoms with van der Waals surface area (Å²) in [6, 6.07) is 1.76. The molecule has 7 N–H and O–H groups in total. The minimum absolute atomic E-state index is 0.108. The number of hydrogen-bond donors (Lipinski definition) is 5. The Hall–Kier alpha value is -1.90. The zero-order valence-electron chi connectivity index (χ0n) is 16.8. The van der Waals surface area contributed by atoms with Crippen LogP contribution in [0.25, 0.3) is 0 Å². The zero-order valence-corrected chi connectivity index (χ0v) is 17.6. The summed E-state index contributed by atoms with van der Waals surface area (Å²) in [6.07, 6.45) is 1.74. The van der Waals surface area contributed by atoms with Gasteiger partial charge < -0.3 is 21.7 Å². The van der Waals surface area contributed by atoms with Crippen LogP contribution in [0, 0.1) is 5.92 Å². The number of nitrogens with one attached hydrogen (secondary N) is 3. The first-order chi connectivity index (χ1) is 14.2. The Labute approximate surface area is 175 Å². The average Bonchev–Trinajstić information content (AvgIpc) is 2.69. The number of carbonyl (C=O) groups excluding carboxylic acids is 1. The number of carbonyl (C=O) groups is 1. The number of halogens is 1. The van der Waals surface area contributed by atoms with Crippen molar-refractivity contribution in [3.05, 3.63) is 18.5 Å². The number of nitrogens with zero attached hydrogens (tertiary/aromatic N) is 3. The topological polar surface area (TPSA) is 159 Å². The number of aromatic nitrogens is 1. The Kier molecular flexibility index (Phi) is 7.21. The van der Waals surface area contributed by atoms with E-state index in [4.69, 9.17) is 11.5 Å². The molecule has 2 fully saturated rings. The van der Waals surface area contributed by atoms with E-state index in [9.17, 15) is 17.6 Å². The van der Waals surface area contributed by atoms with Gasteiger partial charge in [0.25, 0.3) is 0 Å². The lowest BCUT2D eigenvalue weighted by Crippen LogP contribution is -2.64. The Balaban J connectivity index is 1.71. The van der Waals surface area contributed by atoms with Gasteiger partial charge in [-0.25, -0.2) is 12.8 Å². The molecule has 0 radical (unpaired) electrons. The predicted molar refractivity (Wildman–Crippen MR) is 112 cm³/mol. The van der Waals surface area contributed by atoms with Gasteiger partial charge in [0.1, 0.15) is 6.17 Å². The van der Waals surface area contributed by atoms with E-state index >= 15 is 0 Å². The van der Waals surface area contributed by atoms with Gasteiger partial charge in [-0.2, -0.15) is 4.31 Å². The van der Waals surface area contributed by atoms with Crippen LogP contribution in [0.1, 0.15) is 0 Å². The Morgan fingerprint density at radius 1 is 1.27 bits per heavy atom. The number of nitrogens with two attached hydrogens (primary N) is 2. The predicted octanol–water partition coefficient (Wildman–Crippen LogP) is -2.18. The third-order valence-corrected chi connectivity index (χ3v) is 6.60. The van der Waals surface area contributed by atoms with Crippen LogP contribution in [0.3, 0.4) is 0 Å². The van der Waals surface area contributed by atoms with Crippen molar-refractivity contribution in [3.63, 3.8) is 0 Å². The number of anilines is 2. The molecule has 13 heteroatoms. The van der Waals surface area contributed by atoms with Gasteiger partial charge in [0.05, 0.1) is 42.1 Å². The third kappa shape index (κ3) is 5.42. The van der Waals surface area contributed by atoms with E-state index in [0.717, 1.165) is 5.69 Å². The Morgan fingerprint density at radius 3 is 2.47 bits per heavy atom. The molecule has 11 nitrogen and oxygen atoms in total. The normalized spacial score (nSPS) is 24.6. The van der Waals surface area contributed by atoms with Gasteiger partial charge in [-0.15, -0.1) is 0 Å². The molecule has 1 amide bonds. The van der Waals surface area contributed by atoms with E-state index < -0.39 is 40.4 Å². The van der Waals surface area contributed by atoms with Gasteiger partial charge in [-0.1, -0.05) is 0 Å². The maximum absolute atomic E-state index is 13.4. The molecule has 2 aliphatic rings. The molecule has 3 rings (SSSR count). The molecule has 1 atom stereocenters. The summed E-state index contributed by atoms with van der Waals surface area (Å²) >= 11 is 0. The second-order valence-corrected chi connectivity index (χ2v) is 9.51. The lowest BCUT2D eigenvalue weighted by molar-refractivity contribution is -0.122. The minimum Gasteiger partial charge on any atom is -0.367 e.